The summed E-state index contributed by atoms with van der Waals surface area (Å²) in [5.74, 6) is -0.308. The molecule has 0 spiro atoms. The largest absolute Gasteiger partial charge is 0.507 e. The summed E-state index contributed by atoms with van der Waals surface area (Å²) < 4.78 is 5.20. The molecule has 0 heterocycles. The third kappa shape index (κ3) is 3.88. The number of ether oxygens (including phenoxy) is 1. The van der Waals surface area contributed by atoms with E-state index in [0.29, 0.717) is 18.7 Å². The van der Waals surface area contributed by atoms with Gasteiger partial charge in [0.2, 0.25) is 0 Å². The maximum absolute atomic E-state index is 12.3. The highest BCUT2D eigenvalue weighted by Gasteiger charge is 2.16. The van der Waals surface area contributed by atoms with Crippen LogP contribution in [0, 0.1) is 0 Å². The molecule has 0 aliphatic rings. The molecular formula is C18H19NO4. The van der Waals surface area contributed by atoms with Crippen LogP contribution in [-0.4, -0.2) is 35.0 Å². The van der Waals surface area contributed by atoms with Gasteiger partial charge in [-0.1, -0.05) is 30.3 Å². The Bertz CT molecular complexity index is 693. The van der Waals surface area contributed by atoms with E-state index in [1.807, 2.05) is 19.9 Å². The monoisotopic (exact) mass is 313 g/mol. The van der Waals surface area contributed by atoms with Crippen LogP contribution in [0.2, 0.25) is 0 Å². The molecule has 0 aliphatic heterocycles. The summed E-state index contributed by atoms with van der Waals surface area (Å²) in [6, 6.07) is 12.9. The fraction of sp³-hybridized carbons (Fsp3) is 0.222. The summed E-state index contributed by atoms with van der Waals surface area (Å²) in [5.41, 5.74) is 0.648. The maximum atomic E-state index is 12.3. The molecule has 0 saturated heterocycles. The van der Waals surface area contributed by atoms with Crippen LogP contribution >= 0.6 is 0 Å². The first-order chi connectivity index (χ1) is 11.1. The molecular weight excluding hydrogens is 294 g/mol. The number of hydrogen-bond donors (Lipinski definition) is 1. The molecule has 5 heteroatoms. The van der Waals surface area contributed by atoms with Crippen molar-refractivity contribution < 1.29 is 19.4 Å². The second-order valence-corrected chi connectivity index (χ2v) is 4.91. The Hall–Kier alpha value is -2.82. The highest BCUT2D eigenvalue weighted by Crippen LogP contribution is 2.26. The van der Waals surface area contributed by atoms with Crippen molar-refractivity contribution in [1.82, 2.24) is 4.90 Å². The van der Waals surface area contributed by atoms with E-state index >= 15 is 0 Å². The summed E-state index contributed by atoms with van der Waals surface area (Å²) >= 11 is 0. The van der Waals surface area contributed by atoms with E-state index in [9.17, 15) is 14.7 Å². The van der Waals surface area contributed by atoms with Crippen molar-refractivity contribution in [3.8, 4) is 11.5 Å². The molecule has 0 unspecified atom stereocenters. The predicted molar refractivity (Wildman–Crippen MR) is 86.9 cm³/mol. The Morgan fingerprint density at radius 1 is 1.04 bits per heavy atom. The standard InChI is InChI=1S/C18H19NO4/c1-3-19(4-2)18(22)23-14-10-11-15(16(20)12-14)17(21)13-8-6-5-7-9-13/h5-12,20H,3-4H2,1-2H3. The van der Waals surface area contributed by atoms with Gasteiger partial charge in [-0.15, -0.1) is 0 Å². The molecule has 0 atom stereocenters. The Morgan fingerprint density at radius 3 is 2.26 bits per heavy atom. The molecule has 1 N–H and O–H groups in total. The third-order valence-electron chi connectivity index (χ3n) is 3.48. The lowest BCUT2D eigenvalue weighted by atomic mass is 10.0. The van der Waals surface area contributed by atoms with Crippen molar-refractivity contribution in [3.05, 3.63) is 59.7 Å². The molecule has 0 fully saturated rings. The highest BCUT2D eigenvalue weighted by molar-refractivity contribution is 6.10. The zero-order valence-electron chi connectivity index (χ0n) is 13.2. The number of carbonyl (C=O) groups excluding carboxylic acids is 2. The smallest absolute Gasteiger partial charge is 0.415 e. The number of ketones is 1. The minimum atomic E-state index is -0.489. The fourth-order valence-corrected chi connectivity index (χ4v) is 2.16. The number of amides is 1. The van der Waals surface area contributed by atoms with Crippen LogP contribution in [0.15, 0.2) is 48.5 Å². The molecule has 1 amide bonds. The molecule has 23 heavy (non-hydrogen) atoms. The Labute approximate surface area is 135 Å². The minimum absolute atomic E-state index is 0.166. The maximum Gasteiger partial charge on any atom is 0.415 e. The lowest BCUT2D eigenvalue weighted by Gasteiger charge is -2.18. The van der Waals surface area contributed by atoms with Crippen LogP contribution in [-0.2, 0) is 0 Å². The molecule has 0 aliphatic carbocycles. The Kier molecular flexibility index (Phi) is 5.36. The highest BCUT2D eigenvalue weighted by atomic mass is 16.6. The number of benzene rings is 2. The van der Waals surface area contributed by atoms with Gasteiger partial charge in [0.25, 0.3) is 0 Å². The molecule has 0 bridgehead atoms. The van der Waals surface area contributed by atoms with Crippen molar-refractivity contribution in [3.63, 3.8) is 0 Å². The van der Waals surface area contributed by atoms with Gasteiger partial charge in [-0.2, -0.15) is 0 Å². The van der Waals surface area contributed by atoms with Gasteiger partial charge < -0.3 is 14.7 Å². The number of phenols is 1. The summed E-state index contributed by atoms with van der Waals surface area (Å²) in [4.78, 5) is 25.7. The van der Waals surface area contributed by atoms with Gasteiger partial charge in [0.1, 0.15) is 11.5 Å². The van der Waals surface area contributed by atoms with Crippen molar-refractivity contribution in [2.45, 2.75) is 13.8 Å². The second kappa shape index (κ2) is 7.45. The molecule has 2 aromatic rings. The number of rotatable bonds is 5. The van der Waals surface area contributed by atoms with E-state index in [4.69, 9.17) is 4.74 Å². The van der Waals surface area contributed by atoms with Crippen LogP contribution < -0.4 is 4.74 Å². The zero-order valence-corrected chi connectivity index (χ0v) is 13.2. The molecule has 5 nitrogen and oxygen atoms in total. The van der Waals surface area contributed by atoms with E-state index in [1.165, 1.54) is 23.1 Å². The lowest BCUT2D eigenvalue weighted by molar-refractivity contribution is 0.103. The van der Waals surface area contributed by atoms with Crippen LogP contribution in [0.3, 0.4) is 0 Å². The molecule has 2 aromatic carbocycles. The van der Waals surface area contributed by atoms with Gasteiger partial charge in [0.05, 0.1) is 5.56 Å². The van der Waals surface area contributed by atoms with Crippen molar-refractivity contribution in [2.24, 2.45) is 0 Å². The zero-order chi connectivity index (χ0) is 16.8. The molecule has 120 valence electrons. The average Bonchev–Trinajstić information content (AvgIpc) is 2.56. The minimum Gasteiger partial charge on any atom is -0.507 e. The number of phenolic OH excluding ortho intramolecular Hbond substituents is 1. The SMILES string of the molecule is CCN(CC)C(=O)Oc1ccc(C(=O)c2ccccc2)c(O)c1. The van der Waals surface area contributed by atoms with Crippen LogP contribution in [0.1, 0.15) is 29.8 Å². The average molecular weight is 313 g/mol. The van der Waals surface area contributed by atoms with Gasteiger partial charge in [0, 0.05) is 24.7 Å². The number of carbonyl (C=O) groups is 2. The van der Waals surface area contributed by atoms with Crippen LogP contribution in [0.4, 0.5) is 4.79 Å². The van der Waals surface area contributed by atoms with E-state index < -0.39 is 6.09 Å². The summed E-state index contributed by atoms with van der Waals surface area (Å²) in [6.07, 6.45) is -0.489. The van der Waals surface area contributed by atoms with E-state index in [-0.39, 0.29) is 22.8 Å². The third-order valence-corrected chi connectivity index (χ3v) is 3.48. The molecule has 0 radical (unpaired) electrons. The summed E-state index contributed by atoms with van der Waals surface area (Å²) in [7, 11) is 0. The number of nitrogens with zero attached hydrogens (tertiary/aromatic N) is 1. The van der Waals surface area contributed by atoms with Gasteiger partial charge in [0.15, 0.2) is 5.78 Å². The van der Waals surface area contributed by atoms with Crippen LogP contribution in [0.5, 0.6) is 11.5 Å². The van der Waals surface area contributed by atoms with E-state index in [2.05, 4.69) is 0 Å². The van der Waals surface area contributed by atoms with Crippen molar-refractivity contribution >= 4 is 11.9 Å². The summed E-state index contributed by atoms with van der Waals surface area (Å²) in [5, 5.41) is 10.1. The normalized spacial score (nSPS) is 10.2. The molecule has 0 saturated carbocycles. The number of hydrogen-bond acceptors (Lipinski definition) is 4. The predicted octanol–water partition coefficient (Wildman–Crippen LogP) is 3.46. The van der Waals surface area contributed by atoms with Gasteiger partial charge in [-0.25, -0.2) is 4.79 Å². The lowest BCUT2D eigenvalue weighted by Crippen LogP contribution is -2.33. The topological polar surface area (TPSA) is 66.8 Å². The first-order valence-electron chi connectivity index (χ1n) is 7.46. The molecule has 0 aromatic heterocycles. The van der Waals surface area contributed by atoms with Crippen molar-refractivity contribution in [2.75, 3.05) is 13.1 Å². The van der Waals surface area contributed by atoms with Crippen molar-refractivity contribution in [1.29, 1.82) is 0 Å². The fourth-order valence-electron chi connectivity index (χ4n) is 2.16. The molecule has 2 rings (SSSR count). The first kappa shape index (κ1) is 16.5. The first-order valence-corrected chi connectivity index (χ1v) is 7.46. The van der Waals surface area contributed by atoms with Gasteiger partial charge in [-0.3, -0.25) is 4.79 Å². The van der Waals surface area contributed by atoms with E-state index in [0.717, 1.165) is 0 Å². The summed E-state index contributed by atoms with van der Waals surface area (Å²) in [6.45, 7) is 4.77. The van der Waals surface area contributed by atoms with Gasteiger partial charge in [-0.05, 0) is 26.0 Å². The van der Waals surface area contributed by atoms with Gasteiger partial charge >= 0.3 is 6.09 Å². The Morgan fingerprint density at radius 2 is 1.70 bits per heavy atom. The Balaban J connectivity index is 2.18. The quantitative estimate of drug-likeness (QED) is 0.858. The second-order valence-electron chi connectivity index (χ2n) is 4.91. The van der Waals surface area contributed by atoms with Crippen LogP contribution in [0.25, 0.3) is 0 Å². The number of aromatic hydroxyl groups is 1. The van der Waals surface area contributed by atoms with E-state index in [1.54, 1.807) is 24.3 Å².